The highest BCUT2D eigenvalue weighted by Gasteiger charge is 2.13. The molecule has 0 radical (unpaired) electrons. The van der Waals surface area contributed by atoms with Crippen LogP contribution in [0, 0.1) is 13.8 Å². The summed E-state index contributed by atoms with van der Waals surface area (Å²) in [5, 5.41) is 3.82. The molecule has 0 aliphatic heterocycles. The maximum atomic E-state index is 12.9. The van der Waals surface area contributed by atoms with Crippen LogP contribution in [-0.2, 0) is 0 Å². The van der Waals surface area contributed by atoms with Gasteiger partial charge in [0.1, 0.15) is 5.58 Å². The van der Waals surface area contributed by atoms with Crippen molar-refractivity contribution in [3.63, 3.8) is 0 Å². The molecule has 3 aromatic carbocycles. The van der Waals surface area contributed by atoms with Crippen LogP contribution in [0.3, 0.4) is 0 Å². The van der Waals surface area contributed by atoms with Crippen LogP contribution in [0.15, 0.2) is 80.4 Å². The summed E-state index contributed by atoms with van der Waals surface area (Å²) < 4.78 is 6.39. The van der Waals surface area contributed by atoms with E-state index in [1.54, 1.807) is 36.4 Å². The molecule has 1 amide bonds. The average molecular weight is 448 g/mol. The molecule has 29 heavy (non-hydrogen) atoms. The van der Waals surface area contributed by atoms with Crippen molar-refractivity contribution >= 4 is 38.5 Å². The van der Waals surface area contributed by atoms with Gasteiger partial charge >= 0.3 is 5.63 Å². The molecule has 0 saturated heterocycles. The highest BCUT2D eigenvalue weighted by atomic mass is 79.9. The Hall–Kier alpha value is -3.18. The first-order valence-corrected chi connectivity index (χ1v) is 9.93. The third kappa shape index (κ3) is 3.87. The van der Waals surface area contributed by atoms with Crippen LogP contribution in [-0.4, -0.2) is 5.91 Å². The third-order valence-corrected chi connectivity index (χ3v) is 5.27. The van der Waals surface area contributed by atoms with E-state index in [-0.39, 0.29) is 5.91 Å². The minimum Gasteiger partial charge on any atom is -0.422 e. The first kappa shape index (κ1) is 19.2. The van der Waals surface area contributed by atoms with E-state index in [2.05, 4.69) is 21.2 Å². The number of halogens is 1. The number of nitrogens with one attached hydrogen (secondary N) is 1. The Morgan fingerprint density at radius 2 is 1.66 bits per heavy atom. The lowest BCUT2D eigenvalue weighted by atomic mass is 10.0. The first-order valence-electron chi connectivity index (χ1n) is 9.14. The largest absolute Gasteiger partial charge is 0.422 e. The van der Waals surface area contributed by atoms with Gasteiger partial charge in [-0.2, -0.15) is 0 Å². The number of fused-ring (bicyclic) bond motifs is 1. The molecule has 0 spiro atoms. The van der Waals surface area contributed by atoms with Crippen molar-refractivity contribution in [1.29, 1.82) is 0 Å². The zero-order chi connectivity index (χ0) is 20.5. The second-order valence-corrected chi connectivity index (χ2v) is 7.85. The summed E-state index contributed by atoms with van der Waals surface area (Å²) in [5.74, 6) is -0.231. The predicted molar refractivity (Wildman–Crippen MR) is 119 cm³/mol. The molecule has 1 aromatic heterocycles. The molecule has 0 atom stereocenters. The maximum absolute atomic E-state index is 12.9. The summed E-state index contributed by atoms with van der Waals surface area (Å²) in [5.41, 5.74) is 4.37. The Morgan fingerprint density at radius 3 is 2.41 bits per heavy atom. The Balaban J connectivity index is 1.70. The third-order valence-electron chi connectivity index (χ3n) is 4.81. The molecule has 144 valence electrons. The first-order chi connectivity index (χ1) is 13.9. The summed E-state index contributed by atoms with van der Waals surface area (Å²) in [6, 6.07) is 20.1. The number of hydrogen-bond acceptors (Lipinski definition) is 3. The van der Waals surface area contributed by atoms with Gasteiger partial charge < -0.3 is 9.73 Å². The standard InChI is InChI=1S/C24H18BrNO3/c1-14-10-19(25)11-15(2)22(14)26-23(27)18-8-5-7-16(12-18)20-13-17-6-3-4-9-21(17)29-24(20)28/h3-13H,1-2H3,(H,26,27). The number of amides is 1. The molecule has 0 bridgehead atoms. The molecule has 0 fully saturated rings. The van der Waals surface area contributed by atoms with Crippen LogP contribution in [0.1, 0.15) is 21.5 Å². The maximum Gasteiger partial charge on any atom is 0.344 e. The molecule has 0 saturated carbocycles. The number of carbonyl (C=O) groups excluding carboxylic acids is 1. The van der Waals surface area contributed by atoms with Gasteiger partial charge in [0.25, 0.3) is 5.91 Å². The minimum atomic E-state index is -0.430. The molecule has 0 unspecified atom stereocenters. The van der Waals surface area contributed by atoms with Crippen LogP contribution in [0.25, 0.3) is 22.1 Å². The van der Waals surface area contributed by atoms with E-state index in [1.165, 1.54) is 0 Å². The van der Waals surface area contributed by atoms with Gasteiger partial charge in [0.15, 0.2) is 0 Å². The number of anilines is 1. The van der Waals surface area contributed by atoms with Crippen LogP contribution >= 0.6 is 15.9 Å². The van der Waals surface area contributed by atoms with Crippen LogP contribution < -0.4 is 10.9 Å². The Labute approximate surface area is 176 Å². The van der Waals surface area contributed by atoms with Gasteiger partial charge in [-0.05, 0) is 66.9 Å². The van der Waals surface area contributed by atoms with E-state index < -0.39 is 5.63 Å². The summed E-state index contributed by atoms with van der Waals surface area (Å²) in [4.78, 5) is 25.3. The van der Waals surface area contributed by atoms with E-state index in [0.29, 0.717) is 22.3 Å². The molecule has 4 rings (SSSR count). The Morgan fingerprint density at radius 1 is 0.931 bits per heavy atom. The number of carbonyl (C=O) groups is 1. The van der Waals surface area contributed by atoms with Crippen LogP contribution in [0.2, 0.25) is 0 Å². The SMILES string of the molecule is Cc1cc(Br)cc(C)c1NC(=O)c1cccc(-c2cc3ccccc3oc2=O)c1. The highest BCUT2D eigenvalue weighted by molar-refractivity contribution is 9.10. The molecule has 4 aromatic rings. The van der Waals surface area contributed by atoms with Gasteiger partial charge in [-0.1, -0.05) is 46.3 Å². The van der Waals surface area contributed by atoms with E-state index in [1.807, 2.05) is 44.2 Å². The molecule has 1 heterocycles. The van der Waals surface area contributed by atoms with Crippen molar-refractivity contribution in [3.8, 4) is 11.1 Å². The van der Waals surface area contributed by atoms with Gasteiger partial charge in [-0.25, -0.2) is 4.79 Å². The van der Waals surface area contributed by atoms with Gasteiger partial charge in [-0.3, -0.25) is 4.79 Å². The van der Waals surface area contributed by atoms with Crippen molar-refractivity contribution in [3.05, 3.63) is 98.3 Å². The van der Waals surface area contributed by atoms with Crippen molar-refractivity contribution in [2.45, 2.75) is 13.8 Å². The zero-order valence-corrected chi connectivity index (χ0v) is 17.5. The van der Waals surface area contributed by atoms with Gasteiger partial charge in [0.05, 0.1) is 5.56 Å². The number of para-hydroxylation sites is 1. The molecular weight excluding hydrogens is 430 g/mol. The number of aryl methyl sites for hydroxylation is 2. The molecular formula is C24H18BrNO3. The molecule has 5 heteroatoms. The summed E-state index contributed by atoms with van der Waals surface area (Å²) in [6.45, 7) is 3.90. The number of rotatable bonds is 3. The number of hydrogen-bond donors (Lipinski definition) is 1. The fourth-order valence-corrected chi connectivity index (χ4v) is 4.07. The molecule has 4 nitrogen and oxygen atoms in total. The van der Waals surface area contributed by atoms with Crippen molar-refractivity contribution in [2.75, 3.05) is 5.32 Å². The average Bonchev–Trinajstić information content (AvgIpc) is 2.70. The Kier molecular flexibility index (Phi) is 5.07. The lowest BCUT2D eigenvalue weighted by Gasteiger charge is -2.13. The highest BCUT2D eigenvalue weighted by Crippen LogP contribution is 2.26. The second-order valence-electron chi connectivity index (χ2n) is 6.93. The smallest absolute Gasteiger partial charge is 0.344 e. The number of benzene rings is 3. The fourth-order valence-electron chi connectivity index (χ4n) is 3.38. The topological polar surface area (TPSA) is 59.3 Å². The molecule has 0 aliphatic carbocycles. The minimum absolute atomic E-state index is 0.231. The quantitative estimate of drug-likeness (QED) is 0.386. The van der Waals surface area contributed by atoms with Gasteiger partial charge in [0, 0.05) is 21.1 Å². The van der Waals surface area contributed by atoms with E-state index in [0.717, 1.165) is 26.7 Å². The van der Waals surface area contributed by atoms with Crippen LogP contribution in [0.4, 0.5) is 5.69 Å². The zero-order valence-electron chi connectivity index (χ0n) is 16.0. The van der Waals surface area contributed by atoms with Crippen molar-refractivity contribution in [2.24, 2.45) is 0 Å². The van der Waals surface area contributed by atoms with Gasteiger partial charge in [-0.15, -0.1) is 0 Å². The van der Waals surface area contributed by atoms with Crippen LogP contribution in [0.5, 0.6) is 0 Å². The lowest BCUT2D eigenvalue weighted by molar-refractivity contribution is 0.102. The van der Waals surface area contributed by atoms with E-state index >= 15 is 0 Å². The molecule has 0 aliphatic rings. The van der Waals surface area contributed by atoms with Crippen molar-refractivity contribution in [1.82, 2.24) is 0 Å². The second kappa shape index (κ2) is 7.68. The monoisotopic (exact) mass is 447 g/mol. The normalized spacial score (nSPS) is 10.9. The predicted octanol–water partition coefficient (Wildman–Crippen LogP) is 6.09. The van der Waals surface area contributed by atoms with Gasteiger partial charge in [0.2, 0.25) is 0 Å². The van der Waals surface area contributed by atoms with E-state index in [9.17, 15) is 9.59 Å². The fraction of sp³-hybridized carbons (Fsp3) is 0.0833. The van der Waals surface area contributed by atoms with Crippen molar-refractivity contribution < 1.29 is 9.21 Å². The summed E-state index contributed by atoms with van der Waals surface area (Å²) in [7, 11) is 0. The Bertz CT molecular complexity index is 1280. The lowest BCUT2D eigenvalue weighted by Crippen LogP contribution is -2.14. The summed E-state index contributed by atoms with van der Waals surface area (Å²) in [6.07, 6.45) is 0. The van der Waals surface area contributed by atoms with E-state index in [4.69, 9.17) is 4.42 Å². The summed E-state index contributed by atoms with van der Waals surface area (Å²) >= 11 is 3.47. The molecule has 1 N–H and O–H groups in total.